The number of carbonyl (C=O) groups excluding carboxylic acids is 2. The lowest BCUT2D eigenvalue weighted by molar-refractivity contribution is 0.0602. The number of hydrogen-bond acceptors (Lipinski definition) is 6. The van der Waals surface area contributed by atoms with Crippen molar-refractivity contribution in [1.29, 1.82) is 0 Å². The summed E-state index contributed by atoms with van der Waals surface area (Å²) in [4.78, 5) is 28.3. The van der Waals surface area contributed by atoms with Gasteiger partial charge in [-0.3, -0.25) is 4.79 Å². The van der Waals surface area contributed by atoms with Crippen molar-refractivity contribution in [2.45, 2.75) is 6.92 Å². The number of methoxy groups -OCH3 is 1. The van der Waals surface area contributed by atoms with Gasteiger partial charge in [-0.2, -0.15) is 0 Å². The van der Waals surface area contributed by atoms with Crippen LogP contribution in [0.2, 0.25) is 5.02 Å². The molecule has 2 aromatic rings. The molecule has 0 atom stereocenters. The number of esters is 1. The average molecular weight is 326 g/mol. The maximum absolute atomic E-state index is 12.2. The van der Waals surface area contributed by atoms with Gasteiger partial charge in [0.15, 0.2) is 5.13 Å². The molecule has 0 aliphatic carbocycles. The summed E-state index contributed by atoms with van der Waals surface area (Å²) in [6.07, 6.45) is 0. The van der Waals surface area contributed by atoms with E-state index in [0.717, 1.165) is 11.3 Å². The van der Waals surface area contributed by atoms with Gasteiger partial charge in [0.2, 0.25) is 0 Å². The minimum absolute atomic E-state index is 0.175. The SMILES string of the molecule is COC(=O)c1cc(Cl)ccc1NC(=O)c1sc(N)nc1C. The van der Waals surface area contributed by atoms with Crippen molar-refractivity contribution in [2.24, 2.45) is 0 Å². The van der Waals surface area contributed by atoms with Gasteiger partial charge in [0.05, 0.1) is 24.1 Å². The third-order valence-corrected chi connectivity index (χ3v) is 3.87. The van der Waals surface area contributed by atoms with E-state index in [0.29, 0.717) is 26.4 Å². The predicted molar refractivity (Wildman–Crippen MR) is 82.0 cm³/mol. The van der Waals surface area contributed by atoms with Crippen molar-refractivity contribution in [2.75, 3.05) is 18.2 Å². The second-order valence-corrected chi connectivity index (χ2v) is 5.57. The summed E-state index contributed by atoms with van der Waals surface area (Å²) in [6.45, 7) is 1.69. The van der Waals surface area contributed by atoms with Crippen molar-refractivity contribution in [3.05, 3.63) is 39.4 Å². The minimum Gasteiger partial charge on any atom is -0.465 e. The zero-order valence-electron chi connectivity index (χ0n) is 11.3. The highest BCUT2D eigenvalue weighted by Crippen LogP contribution is 2.25. The molecule has 1 aromatic carbocycles. The van der Waals surface area contributed by atoms with Crippen molar-refractivity contribution in [1.82, 2.24) is 4.98 Å². The third-order valence-electron chi connectivity index (χ3n) is 2.65. The van der Waals surface area contributed by atoms with Gasteiger partial charge in [0, 0.05) is 5.02 Å². The Kier molecular flexibility index (Phi) is 4.44. The van der Waals surface area contributed by atoms with Crippen LogP contribution in [0.1, 0.15) is 25.7 Å². The number of hydrogen-bond donors (Lipinski definition) is 2. The Labute approximate surface area is 129 Å². The first-order chi connectivity index (χ1) is 9.92. The summed E-state index contributed by atoms with van der Waals surface area (Å²) in [6, 6.07) is 4.53. The molecule has 3 N–H and O–H groups in total. The summed E-state index contributed by atoms with van der Waals surface area (Å²) >= 11 is 6.93. The lowest BCUT2D eigenvalue weighted by Gasteiger charge is -2.09. The lowest BCUT2D eigenvalue weighted by Crippen LogP contribution is -2.15. The van der Waals surface area contributed by atoms with Crippen molar-refractivity contribution < 1.29 is 14.3 Å². The van der Waals surface area contributed by atoms with Crippen LogP contribution < -0.4 is 11.1 Å². The Bertz CT molecular complexity index is 715. The van der Waals surface area contributed by atoms with Crippen LogP contribution in [-0.4, -0.2) is 24.0 Å². The summed E-state index contributed by atoms with van der Waals surface area (Å²) in [7, 11) is 1.25. The second kappa shape index (κ2) is 6.11. The largest absolute Gasteiger partial charge is 0.465 e. The van der Waals surface area contributed by atoms with Crippen LogP contribution in [-0.2, 0) is 4.74 Å². The summed E-state index contributed by atoms with van der Waals surface area (Å²) in [5, 5.41) is 3.31. The number of anilines is 2. The molecule has 2 rings (SSSR count). The number of carbonyl (C=O) groups is 2. The molecule has 0 spiro atoms. The fourth-order valence-electron chi connectivity index (χ4n) is 1.71. The van der Waals surface area contributed by atoms with Crippen LogP contribution in [0.15, 0.2) is 18.2 Å². The van der Waals surface area contributed by atoms with Crippen LogP contribution in [0.3, 0.4) is 0 Å². The van der Waals surface area contributed by atoms with Gasteiger partial charge >= 0.3 is 5.97 Å². The fraction of sp³-hybridized carbons (Fsp3) is 0.154. The van der Waals surface area contributed by atoms with Gasteiger partial charge in [-0.15, -0.1) is 0 Å². The van der Waals surface area contributed by atoms with E-state index < -0.39 is 11.9 Å². The molecule has 0 unspecified atom stereocenters. The first kappa shape index (κ1) is 15.3. The van der Waals surface area contributed by atoms with E-state index in [1.165, 1.54) is 19.2 Å². The molecule has 8 heteroatoms. The highest BCUT2D eigenvalue weighted by Gasteiger charge is 2.18. The predicted octanol–water partition coefficient (Wildman–Crippen LogP) is 2.73. The van der Waals surface area contributed by atoms with Crippen LogP contribution in [0, 0.1) is 6.92 Å². The monoisotopic (exact) mass is 325 g/mol. The molecule has 0 bridgehead atoms. The van der Waals surface area contributed by atoms with Crippen molar-refractivity contribution in [3.8, 4) is 0 Å². The number of aromatic nitrogens is 1. The Morgan fingerprint density at radius 1 is 1.43 bits per heavy atom. The lowest BCUT2D eigenvalue weighted by atomic mass is 10.1. The van der Waals surface area contributed by atoms with E-state index in [-0.39, 0.29) is 5.56 Å². The standard InChI is InChI=1S/C13H12ClN3O3S/c1-6-10(21-13(15)16-6)11(18)17-9-4-3-7(14)5-8(9)12(19)20-2/h3-5H,1-2H3,(H2,15,16)(H,17,18). The molecule has 0 radical (unpaired) electrons. The van der Waals surface area contributed by atoms with Gasteiger partial charge < -0.3 is 15.8 Å². The maximum atomic E-state index is 12.2. The second-order valence-electron chi connectivity index (χ2n) is 4.10. The number of halogens is 1. The zero-order chi connectivity index (χ0) is 15.6. The van der Waals surface area contributed by atoms with Crippen molar-refractivity contribution >= 4 is 45.6 Å². The molecule has 0 saturated carbocycles. The van der Waals surface area contributed by atoms with Crippen molar-refractivity contribution in [3.63, 3.8) is 0 Å². The summed E-state index contributed by atoms with van der Waals surface area (Å²) in [5.74, 6) is -0.984. The average Bonchev–Trinajstić information content (AvgIpc) is 2.78. The van der Waals surface area contributed by atoms with E-state index in [2.05, 4.69) is 15.0 Å². The number of aryl methyl sites for hydroxylation is 1. The van der Waals surface area contributed by atoms with Crippen LogP contribution in [0.4, 0.5) is 10.8 Å². The molecule has 1 aromatic heterocycles. The highest BCUT2D eigenvalue weighted by molar-refractivity contribution is 7.17. The molecule has 6 nitrogen and oxygen atoms in total. The van der Waals surface area contributed by atoms with E-state index in [1.54, 1.807) is 13.0 Å². The molecular formula is C13H12ClN3O3S. The molecule has 0 saturated heterocycles. The molecule has 1 heterocycles. The van der Waals surface area contributed by atoms with Gasteiger partial charge in [0.25, 0.3) is 5.91 Å². The van der Waals surface area contributed by atoms with Crippen LogP contribution in [0.25, 0.3) is 0 Å². The number of rotatable bonds is 3. The number of nitrogen functional groups attached to an aromatic ring is 1. The molecule has 0 aliphatic rings. The molecule has 1 amide bonds. The number of amides is 1. The first-order valence-corrected chi connectivity index (χ1v) is 7.04. The minimum atomic E-state index is -0.589. The molecule has 0 aliphatic heterocycles. The van der Waals surface area contributed by atoms with Gasteiger partial charge in [-0.05, 0) is 25.1 Å². The molecule has 0 fully saturated rings. The van der Waals surface area contributed by atoms with E-state index >= 15 is 0 Å². The smallest absolute Gasteiger partial charge is 0.340 e. The topological polar surface area (TPSA) is 94.3 Å². The normalized spacial score (nSPS) is 10.2. The van der Waals surface area contributed by atoms with Gasteiger partial charge in [0.1, 0.15) is 4.88 Å². The Balaban J connectivity index is 2.33. The maximum Gasteiger partial charge on any atom is 0.340 e. The number of ether oxygens (including phenoxy) is 1. The number of benzene rings is 1. The summed E-state index contributed by atoms with van der Waals surface area (Å²) in [5.41, 5.74) is 6.58. The van der Waals surface area contributed by atoms with Crippen LogP contribution >= 0.6 is 22.9 Å². The van der Waals surface area contributed by atoms with Crippen LogP contribution in [0.5, 0.6) is 0 Å². The molecular weight excluding hydrogens is 314 g/mol. The number of nitrogens with one attached hydrogen (secondary N) is 1. The Morgan fingerprint density at radius 2 is 2.14 bits per heavy atom. The molecule has 110 valence electrons. The number of thiazole rings is 1. The highest BCUT2D eigenvalue weighted by atomic mass is 35.5. The Morgan fingerprint density at radius 3 is 2.71 bits per heavy atom. The van der Waals surface area contributed by atoms with Gasteiger partial charge in [-0.1, -0.05) is 22.9 Å². The fourth-order valence-corrected chi connectivity index (χ4v) is 2.61. The molecule has 21 heavy (non-hydrogen) atoms. The Hall–Kier alpha value is -2.12. The third kappa shape index (κ3) is 3.32. The van der Waals surface area contributed by atoms with Gasteiger partial charge in [-0.25, -0.2) is 9.78 Å². The van der Waals surface area contributed by atoms with E-state index in [4.69, 9.17) is 17.3 Å². The quantitative estimate of drug-likeness (QED) is 0.846. The number of nitrogens with zero attached hydrogens (tertiary/aromatic N) is 1. The zero-order valence-corrected chi connectivity index (χ0v) is 12.8. The first-order valence-electron chi connectivity index (χ1n) is 5.84. The van der Waals surface area contributed by atoms with E-state index in [1.807, 2.05) is 0 Å². The van der Waals surface area contributed by atoms with E-state index in [9.17, 15) is 9.59 Å². The number of nitrogens with two attached hydrogens (primary N) is 1. The summed E-state index contributed by atoms with van der Waals surface area (Å²) < 4.78 is 4.67.